The van der Waals surface area contributed by atoms with Crippen LogP contribution in [0, 0.1) is 5.82 Å². The number of nitrogens with one attached hydrogen (secondary N) is 1. The molecular weight excluding hydrogens is 365 g/mol. The Morgan fingerprint density at radius 3 is 2.43 bits per heavy atom. The molecule has 1 unspecified atom stereocenters. The van der Waals surface area contributed by atoms with Crippen LogP contribution in [0.3, 0.4) is 0 Å². The first kappa shape index (κ1) is 19.5. The van der Waals surface area contributed by atoms with Crippen molar-refractivity contribution < 1.29 is 23.5 Å². The van der Waals surface area contributed by atoms with Gasteiger partial charge < -0.3 is 15.0 Å². The molecule has 0 bridgehead atoms. The van der Waals surface area contributed by atoms with Gasteiger partial charge in [0.2, 0.25) is 5.91 Å². The molecule has 3 rings (SSSR count). The first-order chi connectivity index (χ1) is 13.5. The summed E-state index contributed by atoms with van der Waals surface area (Å²) in [6.45, 7) is 0.413. The number of hydrogen-bond acceptors (Lipinski definition) is 4. The molecule has 4 amide bonds. The molecule has 2 aromatic rings. The van der Waals surface area contributed by atoms with Gasteiger partial charge in [-0.05, 0) is 36.4 Å². The van der Waals surface area contributed by atoms with Crippen molar-refractivity contribution in [2.75, 3.05) is 30.5 Å². The monoisotopic (exact) mass is 385 g/mol. The summed E-state index contributed by atoms with van der Waals surface area (Å²) in [6, 6.07) is 12.4. The summed E-state index contributed by atoms with van der Waals surface area (Å²) in [5.41, 5.74) is 0.855. The summed E-state index contributed by atoms with van der Waals surface area (Å²) in [5.74, 6) is -1.34. The molecule has 28 heavy (non-hydrogen) atoms. The van der Waals surface area contributed by atoms with Gasteiger partial charge in [0.05, 0.1) is 18.7 Å². The maximum atomic E-state index is 13.0. The van der Waals surface area contributed by atoms with E-state index < -0.39 is 29.7 Å². The first-order valence-electron chi connectivity index (χ1n) is 8.75. The molecule has 1 N–H and O–H groups in total. The van der Waals surface area contributed by atoms with Crippen molar-refractivity contribution in [2.24, 2.45) is 0 Å². The topological polar surface area (TPSA) is 79.0 Å². The predicted molar refractivity (Wildman–Crippen MR) is 101 cm³/mol. The number of halogens is 1. The van der Waals surface area contributed by atoms with Crippen molar-refractivity contribution in [3.63, 3.8) is 0 Å². The standard InChI is InChI=1S/C20H20FN3O4/c1-28-12-11-23-17(13-18(25)22-15-9-7-14(21)8-10-15)19(26)24(20(23)27)16-5-3-2-4-6-16/h2-10,17H,11-13H2,1H3,(H,22,25). The van der Waals surface area contributed by atoms with Crippen LogP contribution in [-0.2, 0) is 14.3 Å². The van der Waals surface area contributed by atoms with Crippen molar-refractivity contribution in [1.82, 2.24) is 4.90 Å². The zero-order valence-corrected chi connectivity index (χ0v) is 15.3. The molecule has 1 heterocycles. The fourth-order valence-corrected chi connectivity index (χ4v) is 3.01. The zero-order valence-electron chi connectivity index (χ0n) is 15.3. The minimum atomic E-state index is -0.941. The zero-order chi connectivity index (χ0) is 20.1. The maximum absolute atomic E-state index is 13.0. The summed E-state index contributed by atoms with van der Waals surface area (Å²) in [7, 11) is 1.49. The molecule has 0 saturated carbocycles. The van der Waals surface area contributed by atoms with E-state index in [0.717, 1.165) is 4.90 Å². The van der Waals surface area contributed by atoms with Crippen molar-refractivity contribution in [3.05, 3.63) is 60.4 Å². The second-order valence-corrected chi connectivity index (χ2v) is 6.25. The van der Waals surface area contributed by atoms with Crippen molar-refractivity contribution in [1.29, 1.82) is 0 Å². The molecule has 1 aliphatic heterocycles. The average molecular weight is 385 g/mol. The largest absolute Gasteiger partial charge is 0.383 e. The van der Waals surface area contributed by atoms with E-state index in [4.69, 9.17) is 4.74 Å². The highest BCUT2D eigenvalue weighted by atomic mass is 19.1. The highest BCUT2D eigenvalue weighted by Crippen LogP contribution is 2.26. The summed E-state index contributed by atoms with van der Waals surface area (Å²) < 4.78 is 18.0. The van der Waals surface area contributed by atoms with Crippen LogP contribution in [0.25, 0.3) is 0 Å². The van der Waals surface area contributed by atoms with E-state index in [1.807, 2.05) is 0 Å². The van der Waals surface area contributed by atoms with Crippen LogP contribution in [0.5, 0.6) is 0 Å². The summed E-state index contributed by atoms with van der Waals surface area (Å²) in [4.78, 5) is 40.6. The van der Waals surface area contributed by atoms with Gasteiger partial charge in [0.1, 0.15) is 11.9 Å². The highest BCUT2D eigenvalue weighted by molar-refractivity contribution is 6.22. The fraction of sp³-hybridized carbons (Fsp3) is 0.250. The molecule has 146 valence electrons. The first-order valence-corrected chi connectivity index (χ1v) is 8.75. The number of hydrogen-bond donors (Lipinski definition) is 1. The average Bonchev–Trinajstić information content (AvgIpc) is 2.92. The van der Waals surface area contributed by atoms with E-state index in [2.05, 4.69) is 5.32 Å². The van der Waals surface area contributed by atoms with Crippen LogP contribution in [0.1, 0.15) is 6.42 Å². The van der Waals surface area contributed by atoms with Crippen LogP contribution in [0.15, 0.2) is 54.6 Å². The third-order valence-electron chi connectivity index (χ3n) is 4.38. The number of urea groups is 1. The second kappa shape index (κ2) is 8.62. The van der Waals surface area contributed by atoms with E-state index in [0.29, 0.717) is 11.4 Å². The Morgan fingerprint density at radius 1 is 1.11 bits per heavy atom. The van der Waals surface area contributed by atoms with Crippen LogP contribution in [0.4, 0.5) is 20.6 Å². The Balaban J connectivity index is 1.78. The second-order valence-electron chi connectivity index (χ2n) is 6.25. The number of para-hydroxylation sites is 1. The van der Waals surface area contributed by atoms with Gasteiger partial charge in [0.25, 0.3) is 5.91 Å². The van der Waals surface area contributed by atoms with Gasteiger partial charge in [-0.2, -0.15) is 0 Å². The van der Waals surface area contributed by atoms with Crippen LogP contribution >= 0.6 is 0 Å². The number of imide groups is 1. The third-order valence-corrected chi connectivity index (χ3v) is 4.38. The Bertz CT molecular complexity index is 858. The number of rotatable bonds is 7. The van der Waals surface area contributed by atoms with Crippen LogP contribution in [0.2, 0.25) is 0 Å². The number of nitrogens with zero attached hydrogens (tertiary/aromatic N) is 2. The maximum Gasteiger partial charge on any atom is 0.332 e. The van der Waals surface area contributed by atoms with Gasteiger partial charge in [-0.15, -0.1) is 0 Å². The summed E-state index contributed by atoms with van der Waals surface area (Å²) in [6.07, 6.45) is -0.213. The molecule has 0 aliphatic carbocycles. The van der Waals surface area contributed by atoms with Crippen molar-refractivity contribution in [3.8, 4) is 0 Å². The molecule has 7 nitrogen and oxygen atoms in total. The number of amides is 4. The Morgan fingerprint density at radius 2 is 1.79 bits per heavy atom. The summed E-state index contributed by atoms with van der Waals surface area (Å²) in [5, 5.41) is 2.62. The number of carbonyl (C=O) groups excluding carboxylic acids is 3. The van der Waals surface area contributed by atoms with Crippen molar-refractivity contribution in [2.45, 2.75) is 12.5 Å². The molecular formula is C20H20FN3O4. The van der Waals surface area contributed by atoms with E-state index in [-0.39, 0.29) is 19.6 Å². The number of carbonyl (C=O) groups is 3. The molecule has 8 heteroatoms. The quantitative estimate of drug-likeness (QED) is 0.743. The molecule has 0 spiro atoms. The number of ether oxygens (including phenoxy) is 1. The molecule has 1 fully saturated rings. The normalized spacial score (nSPS) is 16.6. The SMILES string of the molecule is COCCN1C(=O)N(c2ccccc2)C(=O)C1CC(=O)Nc1ccc(F)cc1. The lowest BCUT2D eigenvalue weighted by atomic mass is 10.1. The van der Waals surface area contributed by atoms with Crippen LogP contribution in [-0.4, -0.2) is 49.0 Å². The molecule has 2 aromatic carbocycles. The Hall–Kier alpha value is -3.26. The van der Waals surface area contributed by atoms with Gasteiger partial charge in [0, 0.05) is 19.3 Å². The smallest absolute Gasteiger partial charge is 0.332 e. The molecule has 0 radical (unpaired) electrons. The lowest BCUT2D eigenvalue weighted by Gasteiger charge is -2.21. The van der Waals surface area contributed by atoms with E-state index in [9.17, 15) is 18.8 Å². The van der Waals surface area contributed by atoms with Crippen LogP contribution < -0.4 is 10.2 Å². The van der Waals surface area contributed by atoms with Gasteiger partial charge in [0.15, 0.2) is 0 Å². The molecule has 0 aromatic heterocycles. The third kappa shape index (κ3) is 4.17. The number of benzene rings is 2. The van der Waals surface area contributed by atoms with E-state index in [1.165, 1.54) is 36.3 Å². The van der Waals surface area contributed by atoms with Crippen molar-refractivity contribution >= 4 is 29.2 Å². The molecule has 1 atom stereocenters. The highest BCUT2D eigenvalue weighted by Gasteiger charge is 2.46. The van der Waals surface area contributed by atoms with E-state index >= 15 is 0 Å². The number of anilines is 2. The lowest BCUT2D eigenvalue weighted by Crippen LogP contribution is -2.39. The minimum absolute atomic E-state index is 0.179. The molecule has 1 saturated heterocycles. The Kier molecular flexibility index (Phi) is 6.00. The predicted octanol–water partition coefficient (Wildman–Crippen LogP) is 2.64. The van der Waals surface area contributed by atoms with Gasteiger partial charge in [-0.3, -0.25) is 9.59 Å². The van der Waals surface area contributed by atoms with Gasteiger partial charge in [-0.1, -0.05) is 18.2 Å². The Labute approximate surface area is 161 Å². The summed E-state index contributed by atoms with van der Waals surface area (Å²) >= 11 is 0. The number of methoxy groups -OCH3 is 1. The minimum Gasteiger partial charge on any atom is -0.383 e. The fourth-order valence-electron chi connectivity index (χ4n) is 3.01. The lowest BCUT2D eigenvalue weighted by molar-refractivity contribution is -0.124. The van der Waals surface area contributed by atoms with E-state index in [1.54, 1.807) is 30.3 Å². The molecule has 1 aliphatic rings. The van der Waals surface area contributed by atoms with Gasteiger partial charge >= 0.3 is 6.03 Å². The van der Waals surface area contributed by atoms with Gasteiger partial charge in [-0.25, -0.2) is 14.1 Å².